The number of nitrogens with one attached hydrogen (secondary N) is 2. The standard InChI is InChI=1S/C18H25N5O2/c1-14-21-17(22-25-14)11-20-18(24)19-10-16-8-5-9-23(13-16)12-15-6-3-2-4-7-15/h2-4,6-7,16H,5,8-13H2,1H3,(H2,19,20,24). The van der Waals surface area contributed by atoms with Crippen molar-refractivity contribution in [1.82, 2.24) is 25.7 Å². The second-order valence-electron chi connectivity index (χ2n) is 6.52. The molecule has 3 rings (SSSR count). The Labute approximate surface area is 147 Å². The SMILES string of the molecule is Cc1nc(CNC(=O)NCC2CCCN(Cc3ccccc3)C2)no1. The van der Waals surface area contributed by atoms with E-state index in [4.69, 9.17) is 4.52 Å². The third-order valence-corrected chi connectivity index (χ3v) is 4.38. The fourth-order valence-corrected chi connectivity index (χ4v) is 3.18. The minimum Gasteiger partial charge on any atom is -0.340 e. The monoisotopic (exact) mass is 343 g/mol. The Morgan fingerprint density at radius 2 is 2.16 bits per heavy atom. The van der Waals surface area contributed by atoms with Gasteiger partial charge in [-0.3, -0.25) is 4.90 Å². The molecule has 0 saturated carbocycles. The lowest BCUT2D eigenvalue weighted by atomic mass is 9.97. The van der Waals surface area contributed by atoms with Gasteiger partial charge in [-0.25, -0.2) is 4.79 Å². The number of nitrogens with zero attached hydrogens (tertiary/aromatic N) is 3. The Kier molecular flexibility index (Phi) is 6.00. The number of amides is 2. The van der Waals surface area contributed by atoms with E-state index in [-0.39, 0.29) is 12.6 Å². The molecule has 1 aliphatic heterocycles. The summed E-state index contributed by atoms with van der Waals surface area (Å²) in [4.78, 5) is 18.4. The number of rotatable bonds is 6. The van der Waals surface area contributed by atoms with Crippen LogP contribution in [0, 0.1) is 12.8 Å². The molecule has 1 saturated heterocycles. The number of likely N-dealkylation sites (tertiary alicyclic amines) is 1. The fraction of sp³-hybridized carbons (Fsp3) is 0.500. The van der Waals surface area contributed by atoms with Gasteiger partial charge < -0.3 is 15.2 Å². The zero-order valence-corrected chi connectivity index (χ0v) is 14.6. The van der Waals surface area contributed by atoms with Crippen LogP contribution in [0.25, 0.3) is 0 Å². The van der Waals surface area contributed by atoms with E-state index >= 15 is 0 Å². The van der Waals surface area contributed by atoms with Crippen molar-refractivity contribution < 1.29 is 9.32 Å². The summed E-state index contributed by atoms with van der Waals surface area (Å²) in [5, 5.41) is 9.46. The van der Waals surface area contributed by atoms with E-state index < -0.39 is 0 Å². The molecule has 7 nitrogen and oxygen atoms in total. The van der Waals surface area contributed by atoms with Crippen molar-refractivity contribution in [2.24, 2.45) is 5.92 Å². The number of aryl methyl sites for hydroxylation is 1. The zero-order valence-electron chi connectivity index (χ0n) is 14.6. The lowest BCUT2D eigenvalue weighted by Crippen LogP contribution is -2.43. The largest absolute Gasteiger partial charge is 0.340 e. The lowest BCUT2D eigenvalue weighted by Gasteiger charge is -2.32. The fourth-order valence-electron chi connectivity index (χ4n) is 3.18. The molecule has 2 N–H and O–H groups in total. The van der Waals surface area contributed by atoms with Gasteiger partial charge in [-0.1, -0.05) is 35.5 Å². The molecule has 0 spiro atoms. The van der Waals surface area contributed by atoms with Crippen LogP contribution < -0.4 is 10.6 Å². The van der Waals surface area contributed by atoms with E-state index in [1.165, 1.54) is 12.0 Å². The van der Waals surface area contributed by atoms with Crippen LogP contribution in [0.2, 0.25) is 0 Å². The first-order valence-electron chi connectivity index (χ1n) is 8.76. The first-order valence-corrected chi connectivity index (χ1v) is 8.76. The first kappa shape index (κ1) is 17.4. The van der Waals surface area contributed by atoms with Gasteiger partial charge in [-0.2, -0.15) is 4.98 Å². The van der Waals surface area contributed by atoms with Crippen LogP contribution in [0.5, 0.6) is 0 Å². The number of hydrogen-bond acceptors (Lipinski definition) is 5. The lowest BCUT2D eigenvalue weighted by molar-refractivity contribution is 0.165. The molecule has 1 aromatic heterocycles. The number of carbonyl (C=O) groups excluding carboxylic acids is 1. The topological polar surface area (TPSA) is 83.3 Å². The molecule has 0 bridgehead atoms. The Bertz CT molecular complexity index is 673. The van der Waals surface area contributed by atoms with E-state index in [0.29, 0.717) is 24.2 Å². The van der Waals surface area contributed by atoms with Gasteiger partial charge in [0.1, 0.15) is 0 Å². The maximum absolute atomic E-state index is 11.9. The average Bonchev–Trinajstić information content (AvgIpc) is 3.05. The highest BCUT2D eigenvalue weighted by Gasteiger charge is 2.20. The maximum Gasteiger partial charge on any atom is 0.315 e. The summed E-state index contributed by atoms with van der Waals surface area (Å²) >= 11 is 0. The predicted octanol–water partition coefficient (Wildman–Crippen LogP) is 2.09. The third kappa shape index (κ3) is 5.56. The summed E-state index contributed by atoms with van der Waals surface area (Å²) in [5.41, 5.74) is 1.34. The Morgan fingerprint density at radius 1 is 1.32 bits per heavy atom. The van der Waals surface area contributed by atoms with E-state index in [9.17, 15) is 4.79 Å². The van der Waals surface area contributed by atoms with Crippen LogP contribution in [0.1, 0.15) is 30.1 Å². The number of urea groups is 1. The van der Waals surface area contributed by atoms with Crippen LogP contribution in [0.3, 0.4) is 0 Å². The van der Waals surface area contributed by atoms with Crippen molar-refractivity contribution in [2.45, 2.75) is 32.9 Å². The summed E-state index contributed by atoms with van der Waals surface area (Å²) in [5.74, 6) is 1.47. The smallest absolute Gasteiger partial charge is 0.315 e. The van der Waals surface area contributed by atoms with E-state index in [0.717, 1.165) is 26.1 Å². The zero-order chi connectivity index (χ0) is 17.5. The quantitative estimate of drug-likeness (QED) is 0.839. The van der Waals surface area contributed by atoms with E-state index in [1.54, 1.807) is 6.92 Å². The van der Waals surface area contributed by atoms with Crippen molar-refractivity contribution in [3.8, 4) is 0 Å². The highest BCUT2D eigenvalue weighted by Crippen LogP contribution is 2.18. The highest BCUT2D eigenvalue weighted by atomic mass is 16.5. The summed E-state index contributed by atoms with van der Waals surface area (Å²) < 4.78 is 4.87. The summed E-state index contributed by atoms with van der Waals surface area (Å²) in [7, 11) is 0. The van der Waals surface area contributed by atoms with Crippen molar-refractivity contribution >= 4 is 6.03 Å². The molecule has 1 aliphatic rings. The molecule has 0 aliphatic carbocycles. The molecular weight excluding hydrogens is 318 g/mol. The Morgan fingerprint density at radius 3 is 2.92 bits per heavy atom. The summed E-state index contributed by atoms with van der Waals surface area (Å²) in [6.45, 7) is 5.78. The van der Waals surface area contributed by atoms with Crippen LogP contribution in [-0.2, 0) is 13.1 Å². The second kappa shape index (κ2) is 8.62. The van der Waals surface area contributed by atoms with Crippen molar-refractivity contribution in [2.75, 3.05) is 19.6 Å². The van der Waals surface area contributed by atoms with Crippen molar-refractivity contribution in [1.29, 1.82) is 0 Å². The molecule has 2 heterocycles. The van der Waals surface area contributed by atoms with Gasteiger partial charge in [-0.05, 0) is 30.9 Å². The Balaban J connectivity index is 1.38. The van der Waals surface area contributed by atoms with Gasteiger partial charge in [0.2, 0.25) is 5.89 Å². The van der Waals surface area contributed by atoms with Crippen molar-refractivity contribution in [3.63, 3.8) is 0 Å². The van der Waals surface area contributed by atoms with Crippen LogP contribution in [0.4, 0.5) is 4.79 Å². The highest BCUT2D eigenvalue weighted by molar-refractivity contribution is 5.73. The molecule has 25 heavy (non-hydrogen) atoms. The first-order chi connectivity index (χ1) is 12.2. The molecule has 7 heteroatoms. The molecule has 134 valence electrons. The average molecular weight is 343 g/mol. The molecule has 1 aromatic carbocycles. The van der Waals surface area contributed by atoms with Gasteiger partial charge in [-0.15, -0.1) is 0 Å². The molecular formula is C18H25N5O2. The van der Waals surface area contributed by atoms with Gasteiger partial charge in [0.15, 0.2) is 5.82 Å². The molecule has 1 fully saturated rings. The third-order valence-electron chi connectivity index (χ3n) is 4.38. The number of aromatic nitrogens is 2. The van der Waals surface area contributed by atoms with Crippen LogP contribution >= 0.6 is 0 Å². The van der Waals surface area contributed by atoms with Crippen LogP contribution in [0.15, 0.2) is 34.9 Å². The summed E-state index contributed by atoms with van der Waals surface area (Å²) in [6.07, 6.45) is 2.32. The van der Waals surface area contributed by atoms with E-state index in [1.807, 2.05) is 6.07 Å². The normalized spacial score (nSPS) is 18.0. The minimum atomic E-state index is -0.192. The predicted molar refractivity (Wildman–Crippen MR) is 93.7 cm³/mol. The number of piperidine rings is 1. The summed E-state index contributed by atoms with van der Waals surface area (Å²) in [6, 6.07) is 10.3. The van der Waals surface area contributed by atoms with Gasteiger partial charge in [0.05, 0.1) is 6.54 Å². The number of carbonyl (C=O) groups is 1. The molecule has 2 aromatic rings. The van der Waals surface area contributed by atoms with Gasteiger partial charge in [0.25, 0.3) is 0 Å². The van der Waals surface area contributed by atoms with E-state index in [2.05, 4.69) is 49.9 Å². The second-order valence-corrected chi connectivity index (χ2v) is 6.52. The minimum absolute atomic E-state index is 0.192. The van der Waals surface area contributed by atoms with Gasteiger partial charge >= 0.3 is 6.03 Å². The number of benzene rings is 1. The molecule has 1 atom stereocenters. The molecule has 2 amide bonds. The number of hydrogen-bond donors (Lipinski definition) is 2. The maximum atomic E-state index is 11.9. The molecule has 0 radical (unpaired) electrons. The van der Waals surface area contributed by atoms with Gasteiger partial charge in [0, 0.05) is 26.6 Å². The molecule has 1 unspecified atom stereocenters. The van der Waals surface area contributed by atoms with Crippen molar-refractivity contribution in [3.05, 3.63) is 47.6 Å². The Hall–Kier alpha value is -2.41. The van der Waals surface area contributed by atoms with Crippen LogP contribution in [-0.4, -0.2) is 40.7 Å².